The average molecular weight is 164 g/mol. The predicted molar refractivity (Wildman–Crippen MR) is 43.5 cm³/mol. The lowest BCUT2D eigenvalue weighted by molar-refractivity contribution is -0.121. The number of ketones is 1. The van der Waals surface area contributed by atoms with Gasteiger partial charge in [-0.05, 0) is 13.0 Å². The number of nitrogens with one attached hydrogen (secondary N) is 1. The van der Waals surface area contributed by atoms with E-state index in [1.807, 2.05) is 6.92 Å². The van der Waals surface area contributed by atoms with E-state index >= 15 is 0 Å². The second-order valence-electron chi connectivity index (χ2n) is 2.68. The van der Waals surface area contributed by atoms with E-state index in [4.69, 9.17) is 0 Å². The summed E-state index contributed by atoms with van der Waals surface area (Å²) in [5.41, 5.74) is 0. The second kappa shape index (κ2) is 4.69. The minimum atomic E-state index is 0. The molecule has 0 amide bonds. The van der Waals surface area contributed by atoms with E-state index in [9.17, 15) is 4.79 Å². The summed E-state index contributed by atoms with van der Waals surface area (Å²) in [6.07, 6.45) is 1.79. The number of rotatable bonds is 0. The van der Waals surface area contributed by atoms with Gasteiger partial charge in [0.05, 0.1) is 0 Å². The van der Waals surface area contributed by atoms with Crippen molar-refractivity contribution in [1.29, 1.82) is 0 Å². The number of halogens is 1. The van der Waals surface area contributed by atoms with Crippen molar-refractivity contribution in [2.45, 2.75) is 19.8 Å². The van der Waals surface area contributed by atoms with E-state index in [0.29, 0.717) is 5.78 Å². The second-order valence-corrected chi connectivity index (χ2v) is 2.68. The van der Waals surface area contributed by atoms with E-state index in [2.05, 4.69) is 5.32 Å². The Hall–Kier alpha value is -0.0800. The molecular formula is C7H14ClNO. The molecule has 60 valence electrons. The van der Waals surface area contributed by atoms with Crippen LogP contribution in [0.4, 0.5) is 0 Å². The van der Waals surface area contributed by atoms with E-state index < -0.39 is 0 Å². The van der Waals surface area contributed by atoms with Crippen molar-refractivity contribution in [3.8, 4) is 0 Å². The molecule has 1 N–H and O–H groups in total. The lowest BCUT2D eigenvalue weighted by atomic mass is 10.1. The molecule has 0 radical (unpaired) electrons. The highest BCUT2D eigenvalue weighted by atomic mass is 35.5. The molecule has 3 heteroatoms. The third kappa shape index (κ3) is 2.67. The first-order chi connectivity index (χ1) is 4.30. The Morgan fingerprint density at radius 1 is 1.60 bits per heavy atom. The molecule has 0 spiro atoms. The Bertz CT molecular complexity index is 116. The van der Waals surface area contributed by atoms with Crippen molar-refractivity contribution < 1.29 is 4.79 Å². The van der Waals surface area contributed by atoms with Gasteiger partial charge in [0, 0.05) is 18.9 Å². The maximum absolute atomic E-state index is 11.0. The molecule has 10 heavy (non-hydrogen) atoms. The molecule has 0 saturated carbocycles. The zero-order valence-corrected chi connectivity index (χ0v) is 7.04. The molecule has 1 unspecified atom stereocenters. The molecule has 0 aromatic heterocycles. The van der Waals surface area contributed by atoms with Gasteiger partial charge in [-0.2, -0.15) is 0 Å². The van der Waals surface area contributed by atoms with Crippen LogP contribution < -0.4 is 5.32 Å². The fraction of sp³-hybridized carbons (Fsp3) is 0.857. The first kappa shape index (κ1) is 9.92. The van der Waals surface area contributed by atoms with Crippen LogP contribution in [0.15, 0.2) is 0 Å². The minimum absolute atomic E-state index is 0. The highest BCUT2D eigenvalue weighted by Crippen LogP contribution is 2.04. The van der Waals surface area contributed by atoms with Crippen molar-refractivity contribution in [1.82, 2.24) is 5.32 Å². The zero-order chi connectivity index (χ0) is 6.69. The maximum Gasteiger partial charge on any atom is 0.137 e. The van der Waals surface area contributed by atoms with Crippen molar-refractivity contribution in [3.63, 3.8) is 0 Å². The summed E-state index contributed by atoms with van der Waals surface area (Å²) in [5, 5.41) is 3.21. The van der Waals surface area contributed by atoms with Crippen LogP contribution >= 0.6 is 12.4 Å². The van der Waals surface area contributed by atoms with Crippen LogP contribution in [0.5, 0.6) is 0 Å². The summed E-state index contributed by atoms with van der Waals surface area (Å²) in [6, 6.07) is 0. The van der Waals surface area contributed by atoms with E-state index in [1.54, 1.807) is 0 Å². The van der Waals surface area contributed by atoms with Gasteiger partial charge in [-0.1, -0.05) is 6.92 Å². The summed E-state index contributed by atoms with van der Waals surface area (Å²) in [7, 11) is 0. The number of hydrogen-bond donors (Lipinski definition) is 1. The molecule has 1 fully saturated rings. The van der Waals surface area contributed by atoms with Gasteiger partial charge in [-0.3, -0.25) is 4.79 Å². The molecule has 1 saturated heterocycles. The highest BCUT2D eigenvalue weighted by molar-refractivity contribution is 5.85. The van der Waals surface area contributed by atoms with Crippen LogP contribution in [-0.4, -0.2) is 18.9 Å². The van der Waals surface area contributed by atoms with Crippen LogP contribution in [0.1, 0.15) is 19.8 Å². The predicted octanol–water partition coefficient (Wildman–Crippen LogP) is 0.997. The van der Waals surface area contributed by atoms with Gasteiger partial charge in [-0.25, -0.2) is 0 Å². The third-order valence-corrected chi connectivity index (χ3v) is 1.78. The maximum atomic E-state index is 11.0. The SMILES string of the molecule is CC1CNCCCC1=O.Cl. The Labute approximate surface area is 67.8 Å². The lowest BCUT2D eigenvalue weighted by Gasteiger charge is -2.03. The van der Waals surface area contributed by atoms with E-state index in [-0.39, 0.29) is 18.3 Å². The summed E-state index contributed by atoms with van der Waals surface area (Å²) in [5.74, 6) is 0.660. The van der Waals surface area contributed by atoms with E-state index in [1.165, 1.54) is 0 Å². The third-order valence-electron chi connectivity index (χ3n) is 1.78. The molecule has 1 rings (SSSR count). The largest absolute Gasteiger partial charge is 0.316 e. The van der Waals surface area contributed by atoms with Gasteiger partial charge in [-0.15, -0.1) is 12.4 Å². The van der Waals surface area contributed by atoms with Gasteiger partial charge in [0.1, 0.15) is 5.78 Å². The smallest absolute Gasteiger partial charge is 0.137 e. The molecule has 0 aliphatic carbocycles. The zero-order valence-electron chi connectivity index (χ0n) is 6.22. The number of Topliss-reactive ketones (excluding diaryl/α,β-unsaturated/α-hetero) is 1. The summed E-state index contributed by atoms with van der Waals surface area (Å²) in [4.78, 5) is 11.0. The average Bonchev–Trinajstić information content (AvgIpc) is 1.99. The molecule has 0 aromatic rings. The molecule has 1 aliphatic heterocycles. The highest BCUT2D eigenvalue weighted by Gasteiger charge is 2.14. The normalized spacial score (nSPS) is 26.9. The Morgan fingerprint density at radius 2 is 2.30 bits per heavy atom. The van der Waals surface area contributed by atoms with Crippen LogP contribution in [0, 0.1) is 5.92 Å². The van der Waals surface area contributed by atoms with Gasteiger partial charge in [0.15, 0.2) is 0 Å². The van der Waals surface area contributed by atoms with Gasteiger partial charge >= 0.3 is 0 Å². The van der Waals surface area contributed by atoms with Crippen LogP contribution in [0.3, 0.4) is 0 Å². The van der Waals surface area contributed by atoms with Crippen molar-refractivity contribution in [3.05, 3.63) is 0 Å². The first-order valence-electron chi connectivity index (χ1n) is 3.54. The molecule has 1 aliphatic rings. The monoisotopic (exact) mass is 163 g/mol. The van der Waals surface area contributed by atoms with Gasteiger partial charge in [0.2, 0.25) is 0 Å². The molecule has 2 nitrogen and oxygen atoms in total. The van der Waals surface area contributed by atoms with Gasteiger partial charge in [0.25, 0.3) is 0 Å². The fourth-order valence-electron chi connectivity index (χ4n) is 1.07. The molecule has 1 atom stereocenters. The van der Waals surface area contributed by atoms with Crippen molar-refractivity contribution in [2.75, 3.05) is 13.1 Å². The minimum Gasteiger partial charge on any atom is -0.316 e. The number of hydrogen-bond acceptors (Lipinski definition) is 2. The van der Waals surface area contributed by atoms with Crippen LogP contribution in [-0.2, 0) is 4.79 Å². The molecular weight excluding hydrogens is 150 g/mol. The van der Waals surface area contributed by atoms with Crippen LogP contribution in [0.2, 0.25) is 0 Å². The fourth-order valence-corrected chi connectivity index (χ4v) is 1.07. The Morgan fingerprint density at radius 3 is 3.00 bits per heavy atom. The topological polar surface area (TPSA) is 29.1 Å². The number of carbonyl (C=O) groups is 1. The van der Waals surface area contributed by atoms with E-state index in [0.717, 1.165) is 25.9 Å². The summed E-state index contributed by atoms with van der Waals surface area (Å²) in [6.45, 7) is 3.87. The Balaban J connectivity index is 0.000000810. The number of carbonyl (C=O) groups excluding carboxylic acids is 1. The molecule has 0 aromatic carbocycles. The standard InChI is InChI=1S/C7H13NO.ClH/c1-6-5-8-4-2-3-7(6)9;/h6,8H,2-5H2,1H3;1H. The lowest BCUT2D eigenvalue weighted by Crippen LogP contribution is -2.21. The summed E-state index contributed by atoms with van der Waals surface area (Å²) < 4.78 is 0. The Kier molecular flexibility index (Phi) is 4.65. The molecule has 1 heterocycles. The van der Waals surface area contributed by atoms with Gasteiger partial charge < -0.3 is 5.32 Å². The van der Waals surface area contributed by atoms with Crippen LogP contribution in [0.25, 0.3) is 0 Å². The van der Waals surface area contributed by atoms with Crippen molar-refractivity contribution in [2.24, 2.45) is 5.92 Å². The summed E-state index contributed by atoms with van der Waals surface area (Å²) >= 11 is 0. The quantitative estimate of drug-likeness (QED) is 0.577. The van der Waals surface area contributed by atoms with Crippen molar-refractivity contribution >= 4 is 18.2 Å². The molecule has 0 bridgehead atoms. The first-order valence-corrected chi connectivity index (χ1v) is 3.54.